The number of halogens is 2. The summed E-state index contributed by atoms with van der Waals surface area (Å²) in [6.45, 7) is 0.529. The first-order chi connectivity index (χ1) is 8.75. The van der Waals surface area contributed by atoms with Crippen molar-refractivity contribution in [1.29, 1.82) is 0 Å². The van der Waals surface area contributed by atoms with Crippen molar-refractivity contribution in [3.63, 3.8) is 0 Å². The van der Waals surface area contributed by atoms with E-state index in [2.05, 4.69) is 24.0 Å². The molecule has 0 atom stereocenters. The lowest BCUT2D eigenvalue weighted by Gasteiger charge is -2.08. The molecule has 0 saturated carbocycles. The molecule has 0 unspecified atom stereocenters. The Kier molecular flexibility index (Phi) is 3.07. The van der Waals surface area contributed by atoms with E-state index >= 15 is 0 Å². The van der Waals surface area contributed by atoms with E-state index in [0.29, 0.717) is 27.6 Å². The van der Waals surface area contributed by atoms with Crippen molar-refractivity contribution in [3.05, 3.63) is 34.3 Å². The number of fused-ring (bicyclic) bond motifs is 1. The molecule has 2 N–H and O–H groups in total. The van der Waals surface area contributed by atoms with Crippen molar-refractivity contribution in [2.75, 3.05) is 5.32 Å². The van der Waals surface area contributed by atoms with Crippen LogP contribution in [0.15, 0.2) is 18.5 Å². The van der Waals surface area contributed by atoms with Crippen molar-refractivity contribution in [3.8, 4) is 0 Å². The molecule has 0 aliphatic heterocycles. The summed E-state index contributed by atoms with van der Waals surface area (Å²) < 4.78 is 8.35. The van der Waals surface area contributed by atoms with Gasteiger partial charge in [0.1, 0.15) is 16.9 Å². The predicted octanol–water partition coefficient (Wildman–Crippen LogP) is 3.33. The van der Waals surface area contributed by atoms with Gasteiger partial charge in [0.05, 0.1) is 34.0 Å². The van der Waals surface area contributed by atoms with Crippen molar-refractivity contribution in [2.45, 2.75) is 6.54 Å². The molecule has 0 aliphatic rings. The van der Waals surface area contributed by atoms with E-state index < -0.39 is 0 Å². The average molecular weight is 300 g/mol. The zero-order chi connectivity index (χ0) is 12.5. The minimum Gasteiger partial charge on any atom is -0.375 e. The summed E-state index contributed by atoms with van der Waals surface area (Å²) in [5.41, 5.74) is 2.07. The second kappa shape index (κ2) is 4.72. The van der Waals surface area contributed by atoms with Gasteiger partial charge in [-0.15, -0.1) is 0 Å². The molecule has 0 amide bonds. The van der Waals surface area contributed by atoms with Gasteiger partial charge >= 0.3 is 0 Å². The number of aromatic nitrogens is 4. The van der Waals surface area contributed by atoms with Crippen LogP contribution in [0.3, 0.4) is 0 Å². The quantitative estimate of drug-likeness (QED) is 0.778. The van der Waals surface area contributed by atoms with Gasteiger partial charge in [-0.05, 0) is 6.07 Å². The monoisotopic (exact) mass is 299 g/mol. The predicted molar refractivity (Wildman–Crippen MR) is 73.3 cm³/mol. The smallest absolute Gasteiger partial charge is 0.130 e. The van der Waals surface area contributed by atoms with Crippen LogP contribution in [0.2, 0.25) is 10.0 Å². The standard InChI is InChI=1S/C10H7Cl2N5S/c11-5-3-6(12)9-10(17-18-16-9)8(5)15-4-7-13-1-2-14-7/h1-3,15H,4H2,(H,13,14). The van der Waals surface area contributed by atoms with Crippen LogP contribution in [-0.4, -0.2) is 18.7 Å². The van der Waals surface area contributed by atoms with Crippen molar-refractivity contribution >= 4 is 51.7 Å². The molecule has 0 spiro atoms. The number of nitrogens with zero attached hydrogens (tertiary/aromatic N) is 3. The highest BCUT2D eigenvalue weighted by Gasteiger charge is 2.13. The van der Waals surface area contributed by atoms with Crippen LogP contribution in [0.1, 0.15) is 5.82 Å². The van der Waals surface area contributed by atoms with Crippen molar-refractivity contribution in [2.24, 2.45) is 0 Å². The number of hydrogen-bond acceptors (Lipinski definition) is 5. The van der Waals surface area contributed by atoms with Gasteiger partial charge in [-0.1, -0.05) is 23.2 Å². The summed E-state index contributed by atoms with van der Waals surface area (Å²) in [6, 6.07) is 1.66. The second-order valence-electron chi connectivity index (χ2n) is 3.57. The molecule has 2 aromatic heterocycles. The summed E-state index contributed by atoms with van der Waals surface area (Å²) in [4.78, 5) is 7.13. The molecule has 18 heavy (non-hydrogen) atoms. The van der Waals surface area contributed by atoms with E-state index in [9.17, 15) is 0 Å². The Morgan fingerprint density at radius 2 is 2.06 bits per heavy atom. The van der Waals surface area contributed by atoms with Crippen LogP contribution in [0.25, 0.3) is 11.0 Å². The normalized spacial score (nSPS) is 11.0. The maximum atomic E-state index is 6.16. The van der Waals surface area contributed by atoms with E-state index in [1.54, 1.807) is 18.5 Å². The van der Waals surface area contributed by atoms with E-state index in [0.717, 1.165) is 23.2 Å². The minimum absolute atomic E-state index is 0.507. The Hall–Kier alpha value is -1.37. The van der Waals surface area contributed by atoms with Crippen molar-refractivity contribution in [1.82, 2.24) is 18.7 Å². The molecule has 8 heteroatoms. The SMILES string of the molecule is Clc1cc(Cl)c2nsnc2c1NCc1ncc[nH]1. The average Bonchev–Trinajstić information content (AvgIpc) is 2.98. The van der Waals surface area contributed by atoms with Gasteiger partial charge in [0.2, 0.25) is 0 Å². The van der Waals surface area contributed by atoms with Crippen LogP contribution in [0.4, 0.5) is 5.69 Å². The number of imidazole rings is 1. The lowest BCUT2D eigenvalue weighted by molar-refractivity contribution is 1.00. The minimum atomic E-state index is 0.507. The summed E-state index contributed by atoms with van der Waals surface area (Å²) in [6.07, 6.45) is 3.46. The highest BCUT2D eigenvalue weighted by atomic mass is 35.5. The highest BCUT2D eigenvalue weighted by molar-refractivity contribution is 7.00. The Labute approximate surface area is 116 Å². The summed E-state index contributed by atoms with van der Waals surface area (Å²) in [5, 5.41) is 4.22. The number of anilines is 1. The third kappa shape index (κ3) is 2.03. The molecule has 2 heterocycles. The Balaban J connectivity index is 1.98. The van der Waals surface area contributed by atoms with Crippen LogP contribution in [0.5, 0.6) is 0 Å². The molecular formula is C10H7Cl2N5S. The van der Waals surface area contributed by atoms with Crippen molar-refractivity contribution < 1.29 is 0 Å². The van der Waals surface area contributed by atoms with E-state index in [4.69, 9.17) is 23.2 Å². The number of H-pyrrole nitrogens is 1. The molecule has 0 bridgehead atoms. The van der Waals surface area contributed by atoms with Crippen LogP contribution < -0.4 is 5.32 Å². The number of hydrogen-bond donors (Lipinski definition) is 2. The lowest BCUT2D eigenvalue weighted by Crippen LogP contribution is -2.02. The number of nitrogens with one attached hydrogen (secondary N) is 2. The van der Waals surface area contributed by atoms with Gasteiger partial charge in [0.15, 0.2) is 0 Å². The first kappa shape index (κ1) is 11.7. The zero-order valence-corrected chi connectivity index (χ0v) is 11.3. The zero-order valence-electron chi connectivity index (χ0n) is 8.94. The van der Waals surface area contributed by atoms with Gasteiger partial charge < -0.3 is 10.3 Å². The molecule has 0 fully saturated rings. The first-order valence-electron chi connectivity index (χ1n) is 5.08. The number of aromatic amines is 1. The van der Waals surface area contributed by atoms with Gasteiger partial charge in [-0.25, -0.2) is 4.98 Å². The molecule has 0 radical (unpaired) electrons. The van der Waals surface area contributed by atoms with Gasteiger partial charge in [-0.2, -0.15) is 8.75 Å². The Morgan fingerprint density at radius 1 is 1.22 bits per heavy atom. The fourth-order valence-corrected chi connectivity index (χ4v) is 2.79. The van der Waals surface area contributed by atoms with E-state index in [-0.39, 0.29) is 0 Å². The van der Waals surface area contributed by atoms with Gasteiger partial charge in [0.25, 0.3) is 0 Å². The molecule has 1 aromatic carbocycles. The van der Waals surface area contributed by atoms with E-state index in [1.165, 1.54) is 0 Å². The topological polar surface area (TPSA) is 66.5 Å². The van der Waals surface area contributed by atoms with Crippen LogP contribution in [-0.2, 0) is 6.54 Å². The maximum Gasteiger partial charge on any atom is 0.130 e. The molecule has 92 valence electrons. The lowest BCUT2D eigenvalue weighted by atomic mass is 10.2. The molecular weight excluding hydrogens is 293 g/mol. The maximum absolute atomic E-state index is 6.16. The third-order valence-electron chi connectivity index (χ3n) is 2.43. The Bertz CT molecular complexity index is 679. The summed E-state index contributed by atoms with van der Waals surface area (Å²) in [5.74, 6) is 0.817. The molecule has 5 nitrogen and oxygen atoms in total. The first-order valence-corrected chi connectivity index (χ1v) is 6.56. The largest absolute Gasteiger partial charge is 0.375 e. The second-order valence-corrected chi connectivity index (χ2v) is 4.91. The van der Waals surface area contributed by atoms with Gasteiger partial charge in [0, 0.05) is 12.4 Å². The van der Waals surface area contributed by atoms with Crippen LogP contribution >= 0.6 is 34.9 Å². The fraction of sp³-hybridized carbons (Fsp3) is 0.100. The number of rotatable bonds is 3. The fourth-order valence-electron chi connectivity index (χ4n) is 1.61. The Morgan fingerprint density at radius 3 is 2.83 bits per heavy atom. The highest BCUT2D eigenvalue weighted by Crippen LogP contribution is 2.35. The number of benzene rings is 1. The molecule has 0 aliphatic carbocycles. The molecule has 3 aromatic rings. The summed E-state index contributed by atoms with van der Waals surface area (Å²) in [7, 11) is 0. The third-order valence-corrected chi connectivity index (χ3v) is 3.55. The van der Waals surface area contributed by atoms with E-state index in [1.807, 2.05) is 0 Å². The summed E-state index contributed by atoms with van der Waals surface area (Å²) >= 11 is 13.3. The molecule has 0 saturated heterocycles. The molecule has 3 rings (SSSR count). The van der Waals surface area contributed by atoms with Crippen LogP contribution in [0, 0.1) is 0 Å². The van der Waals surface area contributed by atoms with Gasteiger partial charge in [-0.3, -0.25) is 0 Å².